The van der Waals surface area contributed by atoms with Crippen LogP contribution in [0.2, 0.25) is 0 Å². The van der Waals surface area contributed by atoms with Crippen LogP contribution >= 0.6 is 0 Å². The third-order valence-corrected chi connectivity index (χ3v) is 6.04. The number of carbonyl (C=O) groups is 2. The minimum Gasteiger partial charge on any atom is -0.375 e. The number of benzene rings is 3. The molecule has 6 nitrogen and oxygen atoms in total. The molecule has 1 aliphatic rings. The van der Waals surface area contributed by atoms with Crippen LogP contribution in [0.5, 0.6) is 0 Å². The number of halogens is 3. The maximum atomic E-state index is 13.6. The Labute approximate surface area is 199 Å². The van der Waals surface area contributed by atoms with Crippen LogP contribution in [0.25, 0.3) is 0 Å². The monoisotopic (exact) mass is 484 g/mol. The molecule has 2 atom stereocenters. The molecule has 182 valence electrons. The number of hydrogen-bond donors (Lipinski definition) is 3. The molecule has 3 aromatic carbocycles. The van der Waals surface area contributed by atoms with E-state index >= 15 is 0 Å². The van der Waals surface area contributed by atoms with Crippen LogP contribution in [0, 0.1) is 6.92 Å². The topological polar surface area (TPSA) is 87.7 Å². The van der Waals surface area contributed by atoms with Crippen molar-refractivity contribution in [3.8, 4) is 0 Å². The van der Waals surface area contributed by atoms with E-state index < -0.39 is 34.9 Å². The van der Waals surface area contributed by atoms with Crippen molar-refractivity contribution in [3.05, 3.63) is 106 Å². The first-order valence-corrected chi connectivity index (χ1v) is 10.8. The molecule has 0 radical (unpaired) electrons. The van der Waals surface area contributed by atoms with E-state index in [0.29, 0.717) is 11.1 Å². The highest BCUT2D eigenvalue weighted by Gasteiger charge is 2.45. The van der Waals surface area contributed by atoms with E-state index in [2.05, 4.69) is 10.8 Å². The zero-order valence-corrected chi connectivity index (χ0v) is 18.9. The Morgan fingerprint density at radius 2 is 1.60 bits per heavy atom. The predicted molar refractivity (Wildman–Crippen MR) is 121 cm³/mol. The van der Waals surface area contributed by atoms with E-state index in [1.165, 1.54) is 6.07 Å². The predicted octanol–water partition coefficient (Wildman–Crippen LogP) is 4.11. The van der Waals surface area contributed by atoms with Crippen LogP contribution < -0.4 is 10.8 Å². The van der Waals surface area contributed by atoms with Gasteiger partial charge in [-0.15, -0.1) is 5.48 Å². The van der Waals surface area contributed by atoms with Gasteiger partial charge in [-0.25, -0.2) is 4.79 Å². The number of fused-ring (bicyclic) bond motifs is 1. The van der Waals surface area contributed by atoms with Crippen LogP contribution in [-0.2, 0) is 33.5 Å². The van der Waals surface area contributed by atoms with Gasteiger partial charge >= 0.3 is 12.1 Å². The lowest BCUT2D eigenvalue weighted by Gasteiger charge is -2.38. The molecule has 1 heterocycles. The maximum Gasteiger partial charge on any atom is 0.416 e. The van der Waals surface area contributed by atoms with Crippen molar-refractivity contribution in [3.63, 3.8) is 0 Å². The molecule has 0 saturated carbocycles. The van der Waals surface area contributed by atoms with Crippen LogP contribution in [0.3, 0.4) is 0 Å². The molecule has 9 heteroatoms. The summed E-state index contributed by atoms with van der Waals surface area (Å²) in [6, 6.07) is 17.4. The van der Waals surface area contributed by atoms with E-state index in [4.69, 9.17) is 4.84 Å². The van der Waals surface area contributed by atoms with Gasteiger partial charge < -0.3 is 15.3 Å². The highest BCUT2D eigenvalue weighted by Crippen LogP contribution is 2.34. The number of rotatable bonds is 5. The van der Waals surface area contributed by atoms with E-state index in [1.54, 1.807) is 49.4 Å². The molecule has 2 unspecified atom stereocenters. The van der Waals surface area contributed by atoms with Crippen molar-refractivity contribution in [2.75, 3.05) is 0 Å². The number of hydrogen-bond acceptors (Lipinski definition) is 5. The Morgan fingerprint density at radius 3 is 2.23 bits per heavy atom. The van der Waals surface area contributed by atoms with Crippen molar-refractivity contribution in [1.82, 2.24) is 10.8 Å². The third kappa shape index (κ3) is 4.78. The fourth-order valence-corrected chi connectivity index (χ4v) is 4.03. The van der Waals surface area contributed by atoms with E-state index in [0.717, 1.165) is 29.8 Å². The molecule has 0 aromatic heterocycles. The molecule has 0 spiro atoms. The van der Waals surface area contributed by atoms with Gasteiger partial charge in [-0.05, 0) is 43.2 Å². The standard InChI is InChI=1S/C26H23F3N2O4/c1-16-7-9-17(10-8-16)15-25(34,18-11-13-19(14-12-18)26(27,28)29)23(33)30-24(2)21-6-4-3-5-20(21)22(32)35-31-24/h3-14,31,34H,15H2,1-2H3,(H,30,33). The minimum absolute atomic E-state index is 0.0201. The zero-order chi connectivity index (χ0) is 25.4. The quantitative estimate of drug-likeness (QED) is 0.508. The van der Waals surface area contributed by atoms with Crippen LogP contribution in [0.15, 0.2) is 72.8 Å². The second-order valence-corrected chi connectivity index (χ2v) is 8.71. The first-order valence-electron chi connectivity index (χ1n) is 10.8. The molecule has 0 fully saturated rings. The fraction of sp³-hybridized carbons (Fsp3) is 0.231. The van der Waals surface area contributed by atoms with Crippen molar-refractivity contribution < 1.29 is 32.7 Å². The lowest BCUT2D eigenvalue weighted by molar-refractivity contribution is -0.146. The number of carbonyl (C=O) groups excluding carboxylic acids is 2. The molecule has 0 saturated heterocycles. The molecule has 0 aliphatic carbocycles. The average molecular weight is 484 g/mol. The summed E-state index contributed by atoms with van der Waals surface area (Å²) < 4.78 is 39.3. The Kier molecular flexibility index (Phi) is 6.16. The van der Waals surface area contributed by atoms with Gasteiger partial charge in [0.15, 0.2) is 5.60 Å². The molecular formula is C26H23F3N2O4. The summed E-state index contributed by atoms with van der Waals surface area (Å²) in [6.07, 6.45) is -4.77. The smallest absolute Gasteiger partial charge is 0.375 e. The SMILES string of the molecule is Cc1ccc(CC(O)(C(=O)NC2(C)NOC(=O)c3ccccc32)c2ccc(C(F)(F)F)cc2)cc1. The number of hydroxylamine groups is 1. The van der Waals surface area contributed by atoms with Crippen molar-refractivity contribution >= 4 is 11.9 Å². The first-order chi connectivity index (χ1) is 16.4. The molecule has 3 N–H and O–H groups in total. The molecule has 0 bridgehead atoms. The number of nitrogens with one attached hydrogen (secondary N) is 2. The Bertz CT molecular complexity index is 1260. The second-order valence-electron chi connectivity index (χ2n) is 8.71. The lowest BCUT2D eigenvalue weighted by atomic mass is 9.84. The van der Waals surface area contributed by atoms with Crippen molar-refractivity contribution in [1.29, 1.82) is 0 Å². The summed E-state index contributed by atoms with van der Waals surface area (Å²) >= 11 is 0. The molecule has 3 aromatic rings. The van der Waals surface area contributed by atoms with Gasteiger partial charge in [0.05, 0.1) is 11.1 Å². The summed E-state index contributed by atoms with van der Waals surface area (Å²) in [6.45, 7) is 3.43. The normalized spacial score (nSPS) is 19.3. The number of amides is 1. The molecule has 1 aliphatic heterocycles. The summed E-state index contributed by atoms with van der Waals surface area (Å²) in [5.74, 6) is -1.52. The maximum absolute atomic E-state index is 13.6. The van der Waals surface area contributed by atoms with Gasteiger partial charge in [0.1, 0.15) is 5.66 Å². The summed E-state index contributed by atoms with van der Waals surface area (Å²) in [4.78, 5) is 30.8. The average Bonchev–Trinajstić information content (AvgIpc) is 2.83. The number of aliphatic hydroxyl groups is 1. The third-order valence-electron chi connectivity index (χ3n) is 6.04. The fourth-order valence-electron chi connectivity index (χ4n) is 4.03. The molecule has 4 rings (SSSR count). The lowest BCUT2D eigenvalue weighted by Crippen LogP contribution is -2.61. The zero-order valence-electron chi connectivity index (χ0n) is 18.9. The van der Waals surface area contributed by atoms with Gasteiger partial charge in [0, 0.05) is 12.0 Å². The van der Waals surface area contributed by atoms with Crippen molar-refractivity contribution in [2.24, 2.45) is 0 Å². The minimum atomic E-state index is -4.57. The van der Waals surface area contributed by atoms with Gasteiger partial charge in [-0.2, -0.15) is 13.2 Å². The Morgan fingerprint density at radius 1 is 1.00 bits per heavy atom. The van der Waals surface area contributed by atoms with E-state index in [9.17, 15) is 27.9 Å². The number of alkyl halides is 3. The Balaban J connectivity index is 1.73. The van der Waals surface area contributed by atoms with E-state index in [1.807, 2.05) is 6.92 Å². The molecule has 1 amide bonds. The van der Waals surface area contributed by atoms with Crippen LogP contribution in [0.4, 0.5) is 13.2 Å². The van der Waals surface area contributed by atoms with Crippen LogP contribution in [0.1, 0.15) is 45.1 Å². The number of aryl methyl sites for hydroxylation is 1. The summed E-state index contributed by atoms with van der Waals surface area (Å²) in [7, 11) is 0. The second kappa shape index (κ2) is 8.83. The summed E-state index contributed by atoms with van der Waals surface area (Å²) in [5, 5.41) is 14.4. The summed E-state index contributed by atoms with van der Waals surface area (Å²) in [5.41, 5.74) is 0.154. The van der Waals surface area contributed by atoms with Crippen molar-refractivity contribution in [2.45, 2.75) is 37.7 Å². The highest BCUT2D eigenvalue weighted by atomic mass is 19.4. The molecule has 35 heavy (non-hydrogen) atoms. The van der Waals surface area contributed by atoms with Crippen LogP contribution in [-0.4, -0.2) is 17.0 Å². The molecular weight excluding hydrogens is 461 g/mol. The first kappa shape index (κ1) is 24.4. The Hall–Kier alpha value is -3.69. The van der Waals surface area contributed by atoms with Gasteiger partial charge in [-0.1, -0.05) is 60.2 Å². The van der Waals surface area contributed by atoms with Gasteiger partial charge in [0.2, 0.25) is 0 Å². The van der Waals surface area contributed by atoms with Gasteiger partial charge in [0.25, 0.3) is 5.91 Å². The van der Waals surface area contributed by atoms with E-state index in [-0.39, 0.29) is 17.5 Å². The largest absolute Gasteiger partial charge is 0.416 e. The highest BCUT2D eigenvalue weighted by molar-refractivity contribution is 5.93. The van der Waals surface area contributed by atoms with Gasteiger partial charge in [-0.3, -0.25) is 4.79 Å².